The van der Waals surface area contributed by atoms with Crippen molar-refractivity contribution < 1.29 is 28.7 Å². The maximum atomic E-state index is 13.3. The van der Waals surface area contributed by atoms with Crippen molar-refractivity contribution in [3.05, 3.63) is 12.2 Å². The Hall–Kier alpha value is -1.82. The Balaban J connectivity index is 1.54. The summed E-state index contributed by atoms with van der Waals surface area (Å²) in [5, 5.41) is 0. The first-order valence-corrected chi connectivity index (χ1v) is 11.7. The van der Waals surface area contributed by atoms with E-state index in [1.165, 1.54) is 0 Å². The molecule has 0 aromatic carbocycles. The summed E-state index contributed by atoms with van der Waals surface area (Å²) in [4.78, 5) is 51.8. The monoisotopic (exact) mass is 424 g/mol. The Morgan fingerprint density at radius 2 is 1.81 bits per heavy atom. The lowest BCUT2D eigenvalue weighted by Crippen LogP contribution is -2.77. The van der Waals surface area contributed by atoms with Crippen molar-refractivity contribution in [2.24, 2.45) is 45.3 Å². The average molecular weight is 424 g/mol. The van der Waals surface area contributed by atoms with Crippen LogP contribution in [0.1, 0.15) is 59.3 Å². The maximum Gasteiger partial charge on any atom is 0.318 e. The fourth-order valence-corrected chi connectivity index (χ4v) is 10.5. The van der Waals surface area contributed by atoms with E-state index in [2.05, 4.69) is 26.0 Å². The molecule has 6 nitrogen and oxygen atoms in total. The molecular formula is C25H28O6. The van der Waals surface area contributed by atoms with Gasteiger partial charge in [0, 0.05) is 35.0 Å². The third-order valence-corrected chi connectivity index (χ3v) is 11.4. The summed E-state index contributed by atoms with van der Waals surface area (Å²) in [5.74, 6) is -1.81. The Morgan fingerprint density at radius 1 is 1.06 bits per heavy atom. The molecule has 6 fully saturated rings. The zero-order chi connectivity index (χ0) is 21.8. The van der Waals surface area contributed by atoms with Crippen LogP contribution in [-0.2, 0) is 28.7 Å². The molecule has 31 heavy (non-hydrogen) atoms. The van der Waals surface area contributed by atoms with Crippen molar-refractivity contribution >= 4 is 23.5 Å². The molecule has 0 amide bonds. The number of allylic oxidation sites excluding steroid dienone is 1. The first kappa shape index (κ1) is 18.7. The lowest BCUT2D eigenvalue weighted by molar-refractivity contribution is -0.225. The second kappa shape index (κ2) is 4.90. The van der Waals surface area contributed by atoms with Gasteiger partial charge in [-0.2, -0.15) is 0 Å². The summed E-state index contributed by atoms with van der Waals surface area (Å²) in [6, 6.07) is 0. The molecule has 8 rings (SSSR count). The Kier molecular flexibility index (Phi) is 2.96. The van der Waals surface area contributed by atoms with Gasteiger partial charge < -0.3 is 9.47 Å². The van der Waals surface area contributed by atoms with Crippen LogP contribution in [0.2, 0.25) is 0 Å². The Bertz CT molecular complexity index is 1040. The molecule has 2 aliphatic heterocycles. The number of esters is 2. The van der Waals surface area contributed by atoms with Gasteiger partial charge in [0.05, 0.1) is 17.9 Å². The Morgan fingerprint density at radius 3 is 2.55 bits per heavy atom. The van der Waals surface area contributed by atoms with E-state index in [0.29, 0.717) is 12.8 Å². The summed E-state index contributed by atoms with van der Waals surface area (Å²) < 4.78 is 12.0. The number of hydrogen-bond acceptors (Lipinski definition) is 6. The summed E-state index contributed by atoms with van der Waals surface area (Å²) >= 11 is 0. The number of ketones is 2. The zero-order valence-electron chi connectivity index (χ0n) is 18.2. The van der Waals surface area contributed by atoms with Crippen LogP contribution >= 0.6 is 0 Å². The van der Waals surface area contributed by atoms with E-state index in [1.807, 2.05) is 0 Å². The maximum absolute atomic E-state index is 13.3. The average Bonchev–Trinajstić information content (AvgIpc) is 3.18. The zero-order valence-corrected chi connectivity index (χ0v) is 18.2. The molecule has 6 aliphatic carbocycles. The van der Waals surface area contributed by atoms with Crippen molar-refractivity contribution in [2.45, 2.75) is 71.0 Å². The van der Waals surface area contributed by atoms with E-state index < -0.39 is 45.6 Å². The van der Waals surface area contributed by atoms with Gasteiger partial charge in [-0.3, -0.25) is 19.2 Å². The topological polar surface area (TPSA) is 90.0 Å². The van der Waals surface area contributed by atoms with Crippen LogP contribution in [0.4, 0.5) is 0 Å². The number of rotatable bonds is 1. The molecule has 2 heterocycles. The molecule has 0 N–H and O–H groups in total. The molecule has 0 radical (unpaired) electrons. The van der Waals surface area contributed by atoms with Crippen molar-refractivity contribution in [3.63, 3.8) is 0 Å². The van der Waals surface area contributed by atoms with Crippen LogP contribution in [0.25, 0.3) is 0 Å². The summed E-state index contributed by atoms with van der Waals surface area (Å²) in [7, 11) is 0. The highest BCUT2D eigenvalue weighted by Crippen LogP contribution is 2.88. The highest BCUT2D eigenvalue weighted by molar-refractivity contribution is 6.00. The minimum atomic E-state index is -0.723. The van der Waals surface area contributed by atoms with Gasteiger partial charge >= 0.3 is 11.9 Å². The third kappa shape index (κ3) is 1.53. The predicted molar refractivity (Wildman–Crippen MR) is 106 cm³/mol. The first-order chi connectivity index (χ1) is 14.6. The molecule has 3 spiro atoms. The normalized spacial score (nSPS) is 60.0. The smallest absolute Gasteiger partial charge is 0.318 e. The van der Waals surface area contributed by atoms with E-state index in [-0.39, 0.29) is 41.3 Å². The van der Waals surface area contributed by atoms with Gasteiger partial charge in [0.1, 0.15) is 17.2 Å². The summed E-state index contributed by atoms with van der Waals surface area (Å²) in [6.45, 7) is 6.08. The predicted octanol–water partition coefficient (Wildman–Crippen LogP) is 2.78. The molecule has 2 saturated heterocycles. The highest BCUT2D eigenvalue weighted by atomic mass is 16.6. The van der Waals surface area contributed by atoms with Crippen molar-refractivity contribution in [1.82, 2.24) is 0 Å². The molecule has 8 aliphatic rings. The molecule has 4 saturated carbocycles. The van der Waals surface area contributed by atoms with Crippen LogP contribution in [-0.4, -0.2) is 35.2 Å². The second-order valence-electron chi connectivity index (χ2n) is 11.9. The number of ether oxygens (including phenoxy) is 2. The van der Waals surface area contributed by atoms with E-state index in [4.69, 9.17) is 9.47 Å². The van der Waals surface area contributed by atoms with Gasteiger partial charge in [0.25, 0.3) is 0 Å². The molecular weight excluding hydrogens is 396 g/mol. The van der Waals surface area contributed by atoms with Crippen LogP contribution in [0.3, 0.4) is 0 Å². The fourth-order valence-electron chi connectivity index (χ4n) is 10.5. The van der Waals surface area contributed by atoms with Gasteiger partial charge in [-0.25, -0.2) is 0 Å². The van der Waals surface area contributed by atoms with Crippen molar-refractivity contribution in [1.29, 1.82) is 0 Å². The van der Waals surface area contributed by atoms with Gasteiger partial charge in [-0.15, -0.1) is 0 Å². The SMILES string of the molecule is CC(=O)[C@H]1CC[C@@H]2[C@]1(C)C[C@@H]1O[C@@]13[C@]21C=C[C@]2(CC(=O)CC[C@]32C)[C@H]2C(=O)OC(=O)[C@@H]21. The number of fused-ring (bicyclic) bond motifs is 1. The number of carbonyl (C=O) groups is 4. The van der Waals surface area contributed by atoms with E-state index >= 15 is 0 Å². The highest BCUT2D eigenvalue weighted by Gasteiger charge is 2.94. The van der Waals surface area contributed by atoms with Crippen molar-refractivity contribution in [2.75, 3.05) is 0 Å². The van der Waals surface area contributed by atoms with Gasteiger partial charge in [-0.1, -0.05) is 26.0 Å². The van der Waals surface area contributed by atoms with Gasteiger partial charge in [-0.05, 0) is 43.9 Å². The van der Waals surface area contributed by atoms with Crippen LogP contribution in [0.15, 0.2) is 12.2 Å². The number of hydrogen-bond donors (Lipinski definition) is 0. The molecule has 10 atom stereocenters. The van der Waals surface area contributed by atoms with Crippen LogP contribution in [0, 0.1) is 45.3 Å². The van der Waals surface area contributed by atoms with Crippen molar-refractivity contribution in [3.8, 4) is 0 Å². The summed E-state index contributed by atoms with van der Waals surface area (Å²) in [5.41, 5.74) is -2.61. The minimum absolute atomic E-state index is 0.0524. The van der Waals surface area contributed by atoms with E-state index in [1.54, 1.807) is 6.92 Å². The number of carbonyl (C=O) groups excluding carboxylic acids is 4. The van der Waals surface area contributed by atoms with Crippen LogP contribution < -0.4 is 0 Å². The van der Waals surface area contributed by atoms with Crippen LogP contribution in [0.5, 0.6) is 0 Å². The molecule has 0 unspecified atom stereocenters. The van der Waals surface area contributed by atoms with E-state index in [9.17, 15) is 19.2 Å². The van der Waals surface area contributed by atoms with Gasteiger partial charge in [0.15, 0.2) is 0 Å². The van der Waals surface area contributed by atoms with Gasteiger partial charge in [0.2, 0.25) is 0 Å². The number of cyclic esters (lactones) is 2. The number of Topliss-reactive ketones (excluding diaryl/α,β-unsaturated/α-hetero) is 2. The third-order valence-electron chi connectivity index (χ3n) is 11.4. The Labute approximate surface area is 181 Å². The lowest BCUT2D eigenvalue weighted by atomic mass is 9.27. The molecule has 2 bridgehead atoms. The number of epoxide rings is 1. The van der Waals surface area contributed by atoms with E-state index in [0.717, 1.165) is 19.3 Å². The summed E-state index contributed by atoms with van der Waals surface area (Å²) in [6.07, 6.45) is 8.11. The minimum Gasteiger partial charge on any atom is -0.393 e. The largest absolute Gasteiger partial charge is 0.393 e. The lowest BCUT2D eigenvalue weighted by Gasteiger charge is -2.72. The standard InChI is InChI=1S/C25H28O6/c1-12(26)14-4-5-15-21(14,2)11-16-25(31-16)22(3)7-6-13(27)10-23(22)8-9-24(15,25)18-17(23)19(28)30-20(18)29/h8-9,14-18H,4-7,10-11H2,1-3H3/t14-,15-,16+,17-,18-,21-,22+,23+,24-,25+/m1/s1. The fraction of sp³-hybridized carbons (Fsp3) is 0.760. The molecule has 164 valence electrons. The molecule has 0 aromatic heterocycles. The quantitative estimate of drug-likeness (QED) is 0.278. The first-order valence-electron chi connectivity index (χ1n) is 11.7. The molecule has 6 heteroatoms. The second-order valence-corrected chi connectivity index (χ2v) is 11.9. The molecule has 0 aromatic rings.